The van der Waals surface area contributed by atoms with Crippen LogP contribution >= 0.6 is 0 Å². The van der Waals surface area contributed by atoms with Crippen LogP contribution in [0.1, 0.15) is 12.8 Å². The summed E-state index contributed by atoms with van der Waals surface area (Å²) < 4.78 is 1.09. The van der Waals surface area contributed by atoms with E-state index < -0.39 is 17.9 Å². The highest BCUT2D eigenvalue weighted by Crippen LogP contribution is 2.17. The number of likely N-dealkylation sites (tertiary alicyclic amines) is 1. The molecule has 1 atom stereocenters. The SMILES string of the molecule is O=C(O)[C@H]1CCCN1C(=O)Cn1ncc2ccccc2c1=O. The largest absolute Gasteiger partial charge is 0.480 e. The molecule has 1 amide bonds. The van der Waals surface area contributed by atoms with Crippen LogP contribution < -0.4 is 5.56 Å². The van der Waals surface area contributed by atoms with Gasteiger partial charge in [0.15, 0.2) is 0 Å². The highest BCUT2D eigenvalue weighted by Gasteiger charge is 2.34. The molecule has 0 bridgehead atoms. The minimum Gasteiger partial charge on any atom is -0.480 e. The molecule has 0 saturated carbocycles. The molecule has 1 aliphatic heterocycles. The Kier molecular flexibility index (Phi) is 3.62. The number of aromatic nitrogens is 2. The zero-order valence-electron chi connectivity index (χ0n) is 11.8. The molecule has 1 N–H and O–H groups in total. The number of carbonyl (C=O) groups excluding carboxylic acids is 1. The molecule has 2 heterocycles. The lowest BCUT2D eigenvalue weighted by molar-refractivity contribution is -0.148. The Labute approximate surface area is 125 Å². The van der Waals surface area contributed by atoms with Crippen LogP contribution in [0.2, 0.25) is 0 Å². The van der Waals surface area contributed by atoms with Crippen LogP contribution in [0.3, 0.4) is 0 Å². The van der Waals surface area contributed by atoms with Crippen molar-refractivity contribution in [2.75, 3.05) is 6.54 Å². The predicted molar refractivity (Wildman–Crippen MR) is 78.4 cm³/mol. The second kappa shape index (κ2) is 5.59. The fraction of sp³-hybridized carbons (Fsp3) is 0.333. The summed E-state index contributed by atoms with van der Waals surface area (Å²) in [6, 6.07) is 6.20. The third-order valence-corrected chi connectivity index (χ3v) is 3.91. The average Bonchev–Trinajstić information content (AvgIpc) is 3.00. The summed E-state index contributed by atoms with van der Waals surface area (Å²) in [7, 11) is 0. The first-order valence-electron chi connectivity index (χ1n) is 7.05. The van der Waals surface area contributed by atoms with Gasteiger partial charge in [0.05, 0.1) is 11.6 Å². The van der Waals surface area contributed by atoms with E-state index in [0.29, 0.717) is 30.2 Å². The van der Waals surface area contributed by atoms with Crippen molar-refractivity contribution in [1.82, 2.24) is 14.7 Å². The Balaban J connectivity index is 1.87. The van der Waals surface area contributed by atoms with E-state index >= 15 is 0 Å². The molecule has 2 aromatic rings. The molecule has 0 unspecified atom stereocenters. The van der Waals surface area contributed by atoms with Crippen molar-refractivity contribution < 1.29 is 14.7 Å². The summed E-state index contributed by atoms with van der Waals surface area (Å²) in [6.07, 6.45) is 2.63. The van der Waals surface area contributed by atoms with Gasteiger partial charge >= 0.3 is 5.97 Å². The van der Waals surface area contributed by atoms with E-state index in [9.17, 15) is 14.4 Å². The van der Waals surface area contributed by atoms with Crippen molar-refractivity contribution in [2.45, 2.75) is 25.4 Å². The quantitative estimate of drug-likeness (QED) is 0.889. The van der Waals surface area contributed by atoms with Crippen LogP contribution in [0, 0.1) is 0 Å². The van der Waals surface area contributed by atoms with Crippen LogP contribution in [0.25, 0.3) is 10.8 Å². The zero-order chi connectivity index (χ0) is 15.7. The highest BCUT2D eigenvalue weighted by molar-refractivity contribution is 5.84. The van der Waals surface area contributed by atoms with E-state index in [0.717, 1.165) is 4.68 Å². The Morgan fingerprint density at radius 1 is 1.32 bits per heavy atom. The second-order valence-corrected chi connectivity index (χ2v) is 5.28. The van der Waals surface area contributed by atoms with Crippen LogP contribution in [-0.4, -0.2) is 44.3 Å². The van der Waals surface area contributed by atoms with Gasteiger partial charge in [0.2, 0.25) is 5.91 Å². The lowest BCUT2D eigenvalue weighted by atomic mass is 10.2. The van der Waals surface area contributed by atoms with Gasteiger partial charge < -0.3 is 10.0 Å². The van der Waals surface area contributed by atoms with Crippen molar-refractivity contribution in [3.8, 4) is 0 Å². The number of hydrogen-bond acceptors (Lipinski definition) is 4. The molecule has 0 aliphatic carbocycles. The Morgan fingerprint density at radius 3 is 2.86 bits per heavy atom. The molecule has 7 heteroatoms. The van der Waals surface area contributed by atoms with E-state index in [1.807, 2.05) is 0 Å². The van der Waals surface area contributed by atoms with Crippen LogP contribution in [0.15, 0.2) is 35.3 Å². The van der Waals surface area contributed by atoms with Crippen molar-refractivity contribution >= 4 is 22.6 Å². The van der Waals surface area contributed by atoms with Gasteiger partial charge in [-0.3, -0.25) is 9.59 Å². The normalized spacial score (nSPS) is 17.8. The topological polar surface area (TPSA) is 92.5 Å². The number of hydrogen-bond donors (Lipinski definition) is 1. The summed E-state index contributed by atoms with van der Waals surface area (Å²) in [5, 5.41) is 14.3. The number of carboxylic acids is 1. The van der Waals surface area contributed by atoms with E-state index in [1.165, 1.54) is 11.1 Å². The van der Waals surface area contributed by atoms with Crippen molar-refractivity contribution in [3.05, 3.63) is 40.8 Å². The van der Waals surface area contributed by atoms with E-state index in [-0.39, 0.29) is 12.1 Å². The molecule has 1 saturated heterocycles. The summed E-state index contributed by atoms with van der Waals surface area (Å²) in [4.78, 5) is 37.0. The molecular weight excluding hydrogens is 286 g/mol. The summed E-state index contributed by atoms with van der Waals surface area (Å²) in [5.41, 5.74) is -0.350. The Morgan fingerprint density at radius 2 is 2.09 bits per heavy atom. The second-order valence-electron chi connectivity index (χ2n) is 5.28. The fourth-order valence-corrected chi connectivity index (χ4v) is 2.78. The van der Waals surface area contributed by atoms with E-state index in [2.05, 4.69) is 5.10 Å². The number of fused-ring (bicyclic) bond motifs is 1. The minimum atomic E-state index is -1.01. The molecule has 114 valence electrons. The molecule has 1 aromatic carbocycles. The van der Waals surface area contributed by atoms with Crippen molar-refractivity contribution in [3.63, 3.8) is 0 Å². The summed E-state index contributed by atoms with van der Waals surface area (Å²) in [6.45, 7) is 0.158. The van der Waals surface area contributed by atoms with Gasteiger partial charge in [-0.1, -0.05) is 18.2 Å². The number of carbonyl (C=O) groups is 2. The number of carboxylic acid groups (broad SMARTS) is 1. The highest BCUT2D eigenvalue weighted by atomic mass is 16.4. The molecule has 0 spiro atoms. The molecule has 3 rings (SSSR count). The van der Waals surface area contributed by atoms with Gasteiger partial charge in [0.25, 0.3) is 5.56 Å². The van der Waals surface area contributed by atoms with Gasteiger partial charge in [-0.2, -0.15) is 5.10 Å². The first-order chi connectivity index (χ1) is 10.6. The van der Waals surface area contributed by atoms with E-state index in [1.54, 1.807) is 24.3 Å². The number of aliphatic carboxylic acids is 1. The Bertz CT molecular complexity index is 799. The number of amides is 1. The standard InChI is InChI=1S/C15H15N3O4/c19-13(17-7-3-6-12(17)15(21)22)9-18-14(20)11-5-2-1-4-10(11)8-16-18/h1-2,4-5,8,12H,3,6-7,9H2,(H,21,22)/t12-/m1/s1. The molecule has 7 nitrogen and oxygen atoms in total. The average molecular weight is 301 g/mol. The van der Waals surface area contributed by atoms with Gasteiger partial charge in [-0.15, -0.1) is 0 Å². The zero-order valence-corrected chi connectivity index (χ0v) is 11.8. The van der Waals surface area contributed by atoms with Gasteiger partial charge in [0, 0.05) is 11.9 Å². The molecule has 22 heavy (non-hydrogen) atoms. The summed E-state index contributed by atoms with van der Waals surface area (Å²) in [5.74, 6) is -1.40. The first kappa shape index (κ1) is 14.2. The third-order valence-electron chi connectivity index (χ3n) is 3.91. The predicted octanol–water partition coefficient (Wildman–Crippen LogP) is 0.472. The molecule has 1 aliphatic rings. The smallest absolute Gasteiger partial charge is 0.326 e. The number of benzene rings is 1. The molecule has 0 radical (unpaired) electrons. The number of rotatable bonds is 3. The van der Waals surface area contributed by atoms with Crippen LogP contribution in [-0.2, 0) is 16.1 Å². The van der Waals surface area contributed by atoms with Crippen LogP contribution in [0.4, 0.5) is 0 Å². The maximum absolute atomic E-state index is 12.3. The van der Waals surface area contributed by atoms with Gasteiger partial charge in [0.1, 0.15) is 12.6 Å². The Hall–Kier alpha value is -2.70. The molecule has 1 aromatic heterocycles. The van der Waals surface area contributed by atoms with Gasteiger partial charge in [-0.05, 0) is 18.9 Å². The van der Waals surface area contributed by atoms with Crippen LogP contribution in [0.5, 0.6) is 0 Å². The fourth-order valence-electron chi connectivity index (χ4n) is 2.78. The lowest BCUT2D eigenvalue weighted by Gasteiger charge is -2.21. The molecular formula is C15H15N3O4. The van der Waals surface area contributed by atoms with Crippen molar-refractivity contribution in [2.24, 2.45) is 0 Å². The summed E-state index contributed by atoms with van der Waals surface area (Å²) >= 11 is 0. The number of nitrogens with zero attached hydrogens (tertiary/aromatic N) is 3. The minimum absolute atomic E-state index is 0.243. The maximum atomic E-state index is 12.3. The monoisotopic (exact) mass is 301 g/mol. The first-order valence-corrected chi connectivity index (χ1v) is 7.05. The van der Waals surface area contributed by atoms with Gasteiger partial charge in [-0.25, -0.2) is 9.48 Å². The van der Waals surface area contributed by atoms with Crippen molar-refractivity contribution in [1.29, 1.82) is 0 Å². The van der Waals surface area contributed by atoms with E-state index in [4.69, 9.17) is 5.11 Å². The maximum Gasteiger partial charge on any atom is 0.326 e. The lowest BCUT2D eigenvalue weighted by Crippen LogP contribution is -2.43. The molecule has 1 fully saturated rings. The third kappa shape index (κ3) is 2.45.